The molecule has 156 valence electrons. The van der Waals surface area contributed by atoms with Crippen LogP contribution in [-0.4, -0.2) is 46.9 Å². The number of nitrogens with zero attached hydrogens (tertiary/aromatic N) is 7. The molecule has 4 heterocycles. The second-order valence-corrected chi connectivity index (χ2v) is 7.78. The number of carbonyl (C=O) groups is 1. The van der Waals surface area contributed by atoms with Crippen molar-refractivity contribution in [2.45, 2.75) is 26.4 Å². The van der Waals surface area contributed by atoms with Gasteiger partial charge in [-0.05, 0) is 24.6 Å². The Morgan fingerprint density at radius 1 is 1.13 bits per heavy atom. The first-order valence-corrected chi connectivity index (χ1v) is 10.3. The average molecular weight is 413 g/mol. The quantitative estimate of drug-likeness (QED) is 0.514. The Hall–Kier alpha value is -3.81. The van der Waals surface area contributed by atoms with Crippen LogP contribution in [0, 0.1) is 6.92 Å². The Kier molecular flexibility index (Phi) is 4.82. The van der Waals surface area contributed by atoms with Crippen molar-refractivity contribution >= 4 is 5.91 Å². The zero-order valence-electron chi connectivity index (χ0n) is 17.6. The first-order valence-electron chi connectivity index (χ1n) is 10.3. The topological polar surface area (TPSA) is 81.7 Å². The molecule has 0 N–H and O–H groups in total. The molecule has 0 spiro atoms. The molecule has 8 nitrogen and oxygen atoms in total. The summed E-state index contributed by atoms with van der Waals surface area (Å²) in [6.07, 6.45) is 4.18. The lowest BCUT2D eigenvalue weighted by molar-refractivity contribution is 0.0732. The van der Waals surface area contributed by atoms with Gasteiger partial charge in [0.15, 0.2) is 5.82 Å². The molecule has 0 saturated carbocycles. The maximum atomic E-state index is 13.2. The van der Waals surface area contributed by atoms with E-state index in [1.807, 2.05) is 52.4 Å². The molecule has 31 heavy (non-hydrogen) atoms. The Morgan fingerprint density at radius 3 is 2.77 bits per heavy atom. The standard InChI is InChI=1S/C23H23N7O/c1-16-18(9-6-11-24-16)23(31)29-12-10-20-19(14-29)21(27-28(20)2)22-26-25-15-30(22)13-17-7-4-3-5-8-17/h3-9,11,15H,10,12-14H2,1-2H3. The van der Waals surface area contributed by atoms with E-state index in [1.165, 1.54) is 0 Å². The van der Waals surface area contributed by atoms with Crippen LogP contribution in [0.25, 0.3) is 11.5 Å². The van der Waals surface area contributed by atoms with E-state index in [9.17, 15) is 4.79 Å². The van der Waals surface area contributed by atoms with Gasteiger partial charge in [0.2, 0.25) is 0 Å². The molecule has 3 aromatic heterocycles. The maximum Gasteiger partial charge on any atom is 0.256 e. The van der Waals surface area contributed by atoms with E-state index in [0.29, 0.717) is 31.0 Å². The summed E-state index contributed by atoms with van der Waals surface area (Å²) >= 11 is 0. The van der Waals surface area contributed by atoms with Gasteiger partial charge in [-0.2, -0.15) is 5.10 Å². The number of benzene rings is 1. The third-order valence-corrected chi connectivity index (χ3v) is 5.79. The summed E-state index contributed by atoms with van der Waals surface area (Å²) in [5, 5.41) is 13.3. The van der Waals surface area contributed by atoms with E-state index < -0.39 is 0 Å². The monoisotopic (exact) mass is 413 g/mol. The molecule has 0 atom stereocenters. The van der Waals surface area contributed by atoms with Crippen LogP contribution in [0.5, 0.6) is 0 Å². The molecular weight excluding hydrogens is 390 g/mol. The fourth-order valence-corrected chi connectivity index (χ4v) is 4.16. The molecule has 0 bridgehead atoms. The molecule has 1 amide bonds. The highest BCUT2D eigenvalue weighted by atomic mass is 16.2. The van der Waals surface area contributed by atoms with Crippen LogP contribution < -0.4 is 0 Å². The number of aromatic nitrogens is 6. The molecule has 0 radical (unpaired) electrons. The molecule has 1 aliphatic rings. The SMILES string of the molecule is Cc1ncccc1C(=O)N1CCc2c(c(-c3nncn3Cc3ccccc3)nn2C)C1. The van der Waals surface area contributed by atoms with Gasteiger partial charge in [0.25, 0.3) is 5.91 Å². The van der Waals surface area contributed by atoms with Gasteiger partial charge >= 0.3 is 0 Å². The van der Waals surface area contributed by atoms with Crippen LogP contribution in [-0.2, 0) is 26.6 Å². The molecular formula is C23H23N7O. The highest BCUT2D eigenvalue weighted by molar-refractivity contribution is 5.95. The Morgan fingerprint density at radius 2 is 1.97 bits per heavy atom. The lowest BCUT2D eigenvalue weighted by atomic mass is 10.0. The third-order valence-electron chi connectivity index (χ3n) is 5.79. The maximum absolute atomic E-state index is 13.2. The third kappa shape index (κ3) is 3.50. The second kappa shape index (κ2) is 7.79. The van der Waals surface area contributed by atoms with Crippen LogP contribution in [0.4, 0.5) is 0 Å². The van der Waals surface area contributed by atoms with Crippen molar-refractivity contribution in [3.63, 3.8) is 0 Å². The average Bonchev–Trinajstić information content (AvgIpc) is 3.38. The number of aryl methyl sites for hydroxylation is 2. The summed E-state index contributed by atoms with van der Waals surface area (Å²) in [4.78, 5) is 19.3. The van der Waals surface area contributed by atoms with Crippen molar-refractivity contribution < 1.29 is 4.79 Å². The highest BCUT2D eigenvalue weighted by Gasteiger charge is 2.30. The van der Waals surface area contributed by atoms with Gasteiger partial charge in [-0.3, -0.25) is 14.5 Å². The summed E-state index contributed by atoms with van der Waals surface area (Å²) in [5.74, 6) is 0.712. The minimum atomic E-state index is -0.00296. The lowest BCUT2D eigenvalue weighted by Gasteiger charge is -2.28. The summed E-state index contributed by atoms with van der Waals surface area (Å²) < 4.78 is 3.91. The van der Waals surface area contributed by atoms with Crippen molar-refractivity contribution in [3.05, 3.63) is 83.1 Å². The van der Waals surface area contributed by atoms with Crippen molar-refractivity contribution in [2.75, 3.05) is 6.54 Å². The molecule has 0 saturated heterocycles. The van der Waals surface area contributed by atoms with E-state index in [-0.39, 0.29) is 5.91 Å². The summed E-state index contributed by atoms with van der Waals surface area (Å²) in [5.41, 5.74) is 5.50. The Labute approximate surface area is 180 Å². The van der Waals surface area contributed by atoms with Gasteiger partial charge in [-0.1, -0.05) is 30.3 Å². The Balaban J connectivity index is 1.48. The van der Waals surface area contributed by atoms with Gasteiger partial charge in [0.1, 0.15) is 12.0 Å². The van der Waals surface area contributed by atoms with Crippen LogP contribution in [0.2, 0.25) is 0 Å². The first kappa shape index (κ1) is 19.2. The normalized spacial score (nSPS) is 13.3. The minimum Gasteiger partial charge on any atom is -0.334 e. The summed E-state index contributed by atoms with van der Waals surface area (Å²) in [7, 11) is 1.95. The molecule has 8 heteroatoms. The van der Waals surface area contributed by atoms with Gasteiger partial charge in [0.05, 0.1) is 18.7 Å². The largest absolute Gasteiger partial charge is 0.334 e. The minimum absolute atomic E-state index is 0.00296. The number of rotatable bonds is 4. The Bertz CT molecular complexity index is 1240. The fourth-order valence-electron chi connectivity index (χ4n) is 4.16. The molecule has 1 aliphatic heterocycles. The molecule has 1 aromatic carbocycles. The van der Waals surface area contributed by atoms with Gasteiger partial charge in [0, 0.05) is 43.2 Å². The van der Waals surface area contributed by atoms with Crippen LogP contribution in [0.3, 0.4) is 0 Å². The zero-order chi connectivity index (χ0) is 21.4. The van der Waals surface area contributed by atoms with Crippen molar-refractivity contribution in [1.29, 1.82) is 0 Å². The van der Waals surface area contributed by atoms with Crippen molar-refractivity contribution in [1.82, 2.24) is 34.4 Å². The van der Waals surface area contributed by atoms with E-state index in [4.69, 9.17) is 5.10 Å². The van der Waals surface area contributed by atoms with E-state index in [0.717, 1.165) is 34.6 Å². The molecule has 0 fully saturated rings. The number of amides is 1. The number of pyridine rings is 1. The van der Waals surface area contributed by atoms with E-state index >= 15 is 0 Å². The molecule has 0 aliphatic carbocycles. The first-order chi connectivity index (χ1) is 15.1. The van der Waals surface area contributed by atoms with E-state index in [2.05, 4.69) is 27.3 Å². The highest BCUT2D eigenvalue weighted by Crippen LogP contribution is 2.29. The number of hydrogen-bond donors (Lipinski definition) is 0. The molecule has 4 aromatic rings. The zero-order valence-corrected chi connectivity index (χ0v) is 17.6. The fraction of sp³-hybridized carbons (Fsp3) is 0.261. The van der Waals surface area contributed by atoms with E-state index in [1.54, 1.807) is 18.6 Å². The number of carbonyl (C=O) groups excluding carboxylic acids is 1. The molecule has 5 rings (SSSR count). The smallest absolute Gasteiger partial charge is 0.256 e. The van der Waals surface area contributed by atoms with Crippen LogP contribution in [0.1, 0.15) is 32.9 Å². The summed E-state index contributed by atoms with van der Waals surface area (Å²) in [6, 6.07) is 13.8. The van der Waals surface area contributed by atoms with Crippen molar-refractivity contribution in [3.8, 4) is 11.5 Å². The predicted molar refractivity (Wildman–Crippen MR) is 115 cm³/mol. The lowest BCUT2D eigenvalue weighted by Crippen LogP contribution is -2.36. The van der Waals surface area contributed by atoms with Gasteiger partial charge in [-0.15, -0.1) is 10.2 Å². The molecule has 0 unspecified atom stereocenters. The predicted octanol–water partition coefficient (Wildman–Crippen LogP) is 2.63. The van der Waals surface area contributed by atoms with Crippen LogP contribution >= 0.6 is 0 Å². The van der Waals surface area contributed by atoms with Crippen LogP contribution in [0.15, 0.2) is 55.0 Å². The number of fused-ring (bicyclic) bond motifs is 1. The van der Waals surface area contributed by atoms with Gasteiger partial charge < -0.3 is 9.47 Å². The number of hydrogen-bond acceptors (Lipinski definition) is 5. The van der Waals surface area contributed by atoms with Crippen molar-refractivity contribution in [2.24, 2.45) is 7.05 Å². The second-order valence-electron chi connectivity index (χ2n) is 7.78. The van der Waals surface area contributed by atoms with Gasteiger partial charge in [-0.25, -0.2) is 0 Å². The summed E-state index contributed by atoms with van der Waals surface area (Å²) in [6.45, 7) is 3.66.